The summed E-state index contributed by atoms with van der Waals surface area (Å²) in [7, 11) is 1.22. The molecule has 3 aromatic rings. The van der Waals surface area contributed by atoms with Crippen molar-refractivity contribution in [2.75, 3.05) is 7.11 Å². The van der Waals surface area contributed by atoms with Gasteiger partial charge in [-0.15, -0.1) is 0 Å². The second-order valence-corrected chi connectivity index (χ2v) is 5.91. The first kappa shape index (κ1) is 18.3. The van der Waals surface area contributed by atoms with E-state index in [9.17, 15) is 19.7 Å². The number of rotatable bonds is 4. The van der Waals surface area contributed by atoms with Gasteiger partial charge in [0.25, 0.3) is 5.69 Å². The maximum atomic E-state index is 12.5. The maximum Gasteiger partial charge on any atom is 0.345 e. The van der Waals surface area contributed by atoms with Gasteiger partial charge in [-0.25, -0.2) is 9.59 Å². The van der Waals surface area contributed by atoms with Crippen LogP contribution in [-0.4, -0.2) is 24.0 Å². The Kier molecular flexibility index (Phi) is 5.05. The molecule has 3 rings (SSSR count). The van der Waals surface area contributed by atoms with Crippen LogP contribution in [0.3, 0.4) is 0 Å². The van der Waals surface area contributed by atoms with Crippen LogP contribution < -0.4 is 4.74 Å². The largest absolute Gasteiger partial charge is 0.465 e. The molecule has 0 unspecified atom stereocenters. The number of carbonyl (C=O) groups is 2. The molecule has 0 saturated carbocycles. The Morgan fingerprint density at radius 3 is 2.22 bits per heavy atom. The standard InChI is InChI=1S/C19H12ClNO6/c1-26-18(22)15-8-11-4-2-3-5-12(11)9-17(15)27-19(23)14-7-6-13(21(24)25)10-16(14)20/h2-10H,1H3. The molecule has 0 N–H and O–H groups in total. The number of non-ortho nitro benzene ring substituents is 1. The van der Waals surface area contributed by atoms with Crippen LogP contribution in [0.15, 0.2) is 54.6 Å². The van der Waals surface area contributed by atoms with Crippen molar-refractivity contribution in [3.63, 3.8) is 0 Å². The van der Waals surface area contributed by atoms with Crippen molar-refractivity contribution in [1.29, 1.82) is 0 Å². The average Bonchev–Trinajstić information content (AvgIpc) is 2.66. The molecule has 3 aromatic carbocycles. The highest BCUT2D eigenvalue weighted by molar-refractivity contribution is 6.33. The number of nitro groups is 1. The van der Waals surface area contributed by atoms with E-state index in [0.717, 1.165) is 22.9 Å². The molecule has 8 heteroatoms. The lowest BCUT2D eigenvalue weighted by molar-refractivity contribution is -0.384. The normalized spacial score (nSPS) is 10.4. The molecule has 136 valence electrons. The van der Waals surface area contributed by atoms with Gasteiger partial charge in [0.05, 0.1) is 22.6 Å². The summed E-state index contributed by atoms with van der Waals surface area (Å²) in [6.45, 7) is 0. The van der Waals surface area contributed by atoms with E-state index < -0.39 is 16.9 Å². The van der Waals surface area contributed by atoms with Crippen LogP contribution in [0.25, 0.3) is 10.8 Å². The monoisotopic (exact) mass is 385 g/mol. The van der Waals surface area contributed by atoms with E-state index in [0.29, 0.717) is 0 Å². The Morgan fingerprint density at radius 1 is 0.963 bits per heavy atom. The number of ether oxygens (including phenoxy) is 2. The molecule has 0 fully saturated rings. The highest BCUT2D eigenvalue weighted by Crippen LogP contribution is 2.29. The summed E-state index contributed by atoms with van der Waals surface area (Å²) >= 11 is 5.96. The van der Waals surface area contributed by atoms with Crippen LogP contribution in [0.5, 0.6) is 5.75 Å². The van der Waals surface area contributed by atoms with Gasteiger partial charge in [0, 0.05) is 12.1 Å². The van der Waals surface area contributed by atoms with E-state index in [1.54, 1.807) is 30.3 Å². The van der Waals surface area contributed by atoms with Gasteiger partial charge in [-0.1, -0.05) is 35.9 Å². The van der Waals surface area contributed by atoms with Gasteiger partial charge >= 0.3 is 11.9 Å². The second-order valence-electron chi connectivity index (χ2n) is 5.50. The Bertz CT molecular complexity index is 1080. The van der Waals surface area contributed by atoms with E-state index in [1.165, 1.54) is 13.2 Å². The summed E-state index contributed by atoms with van der Waals surface area (Å²) in [4.78, 5) is 34.7. The molecular weight excluding hydrogens is 374 g/mol. The van der Waals surface area contributed by atoms with Crippen LogP contribution in [0.4, 0.5) is 5.69 Å². The Hall–Kier alpha value is -3.45. The number of nitro benzene ring substituents is 1. The lowest BCUT2D eigenvalue weighted by atomic mass is 10.1. The molecule has 0 heterocycles. The molecule has 0 bridgehead atoms. The summed E-state index contributed by atoms with van der Waals surface area (Å²) in [6.07, 6.45) is 0. The van der Waals surface area contributed by atoms with Crippen molar-refractivity contribution >= 4 is 40.0 Å². The molecule has 0 atom stereocenters. The number of methoxy groups -OCH3 is 1. The number of benzene rings is 3. The number of nitrogens with zero attached hydrogens (tertiary/aromatic N) is 1. The van der Waals surface area contributed by atoms with Gasteiger partial charge in [0.2, 0.25) is 0 Å². The van der Waals surface area contributed by atoms with Gasteiger partial charge in [0.15, 0.2) is 0 Å². The zero-order valence-electron chi connectivity index (χ0n) is 14.0. The van der Waals surface area contributed by atoms with Crippen molar-refractivity contribution in [1.82, 2.24) is 0 Å². The zero-order chi connectivity index (χ0) is 19.6. The molecule has 0 radical (unpaired) electrons. The van der Waals surface area contributed by atoms with Crippen molar-refractivity contribution in [3.05, 3.63) is 80.9 Å². The summed E-state index contributed by atoms with van der Waals surface area (Å²) in [5.41, 5.74) is -0.244. The van der Waals surface area contributed by atoms with Gasteiger partial charge in [0.1, 0.15) is 11.3 Å². The number of hydrogen-bond donors (Lipinski definition) is 0. The summed E-state index contributed by atoms with van der Waals surface area (Å²) < 4.78 is 10.1. The molecule has 0 amide bonds. The van der Waals surface area contributed by atoms with Crippen LogP contribution in [-0.2, 0) is 4.74 Å². The molecule has 0 aliphatic rings. The first-order chi connectivity index (χ1) is 12.9. The third kappa shape index (κ3) is 3.73. The predicted molar refractivity (Wildman–Crippen MR) is 98.4 cm³/mol. The Labute approximate surface area is 158 Å². The third-order valence-electron chi connectivity index (χ3n) is 3.84. The summed E-state index contributed by atoms with van der Waals surface area (Å²) in [6, 6.07) is 13.7. The minimum absolute atomic E-state index is 0.0000283. The molecule has 0 aromatic heterocycles. The van der Waals surface area contributed by atoms with Gasteiger partial charge in [-0.05, 0) is 29.0 Å². The number of fused-ring (bicyclic) bond motifs is 1. The van der Waals surface area contributed by atoms with E-state index in [2.05, 4.69) is 0 Å². The third-order valence-corrected chi connectivity index (χ3v) is 4.15. The fourth-order valence-electron chi connectivity index (χ4n) is 2.51. The summed E-state index contributed by atoms with van der Waals surface area (Å²) in [5, 5.41) is 12.2. The van der Waals surface area contributed by atoms with E-state index >= 15 is 0 Å². The molecule has 0 aliphatic heterocycles. The molecule has 27 heavy (non-hydrogen) atoms. The minimum atomic E-state index is -0.852. The van der Waals surface area contributed by atoms with Crippen molar-refractivity contribution in [2.45, 2.75) is 0 Å². The molecule has 7 nitrogen and oxygen atoms in total. The molecule has 0 aliphatic carbocycles. The van der Waals surface area contributed by atoms with Crippen LogP contribution >= 0.6 is 11.6 Å². The van der Waals surface area contributed by atoms with Crippen LogP contribution in [0, 0.1) is 10.1 Å². The second kappa shape index (κ2) is 7.43. The predicted octanol–water partition coefficient (Wildman–Crippen LogP) is 4.41. The lowest BCUT2D eigenvalue weighted by Crippen LogP contribution is -2.13. The van der Waals surface area contributed by atoms with E-state index in [4.69, 9.17) is 21.1 Å². The van der Waals surface area contributed by atoms with Gasteiger partial charge < -0.3 is 9.47 Å². The van der Waals surface area contributed by atoms with Crippen molar-refractivity contribution in [2.24, 2.45) is 0 Å². The number of halogens is 1. The van der Waals surface area contributed by atoms with Crippen molar-refractivity contribution < 1.29 is 24.0 Å². The quantitative estimate of drug-likeness (QED) is 0.286. The van der Waals surface area contributed by atoms with E-state index in [-0.39, 0.29) is 27.6 Å². The lowest BCUT2D eigenvalue weighted by Gasteiger charge is -2.11. The Morgan fingerprint density at radius 2 is 1.63 bits per heavy atom. The topological polar surface area (TPSA) is 95.7 Å². The first-order valence-electron chi connectivity index (χ1n) is 7.68. The molecular formula is C19H12ClNO6. The van der Waals surface area contributed by atoms with Gasteiger partial charge in [-0.3, -0.25) is 10.1 Å². The fraction of sp³-hybridized carbons (Fsp3) is 0.0526. The first-order valence-corrected chi connectivity index (χ1v) is 8.05. The van der Waals surface area contributed by atoms with Crippen LogP contribution in [0.2, 0.25) is 5.02 Å². The fourth-order valence-corrected chi connectivity index (χ4v) is 2.76. The molecule has 0 saturated heterocycles. The summed E-state index contributed by atoms with van der Waals surface area (Å²) in [5.74, 6) is -1.52. The van der Waals surface area contributed by atoms with Crippen molar-refractivity contribution in [3.8, 4) is 5.75 Å². The smallest absolute Gasteiger partial charge is 0.345 e. The van der Waals surface area contributed by atoms with E-state index in [1.807, 2.05) is 6.07 Å². The Balaban J connectivity index is 2.01. The maximum absolute atomic E-state index is 12.5. The minimum Gasteiger partial charge on any atom is -0.465 e. The highest BCUT2D eigenvalue weighted by Gasteiger charge is 2.21. The number of hydrogen-bond acceptors (Lipinski definition) is 6. The zero-order valence-corrected chi connectivity index (χ0v) is 14.7. The number of esters is 2. The highest BCUT2D eigenvalue weighted by atomic mass is 35.5. The number of carbonyl (C=O) groups excluding carboxylic acids is 2. The SMILES string of the molecule is COC(=O)c1cc2ccccc2cc1OC(=O)c1ccc([N+](=O)[O-])cc1Cl. The average molecular weight is 386 g/mol. The van der Waals surface area contributed by atoms with Crippen LogP contribution in [0.1, 0.15) is 20.7 Å². The van der Waals surface area contributed by atoms with Gasteiger partial charge in [-0.2, -0.15) is 0 Å². The molecule has 0 spiro atoms.